The number of hydrogen-bond acceptors (Lipinski definition) is 4. The maximum atomic E-state index is 4.47. The second-order valence-electron chi connectivity index (χ2n) is 5.35. The second kappa shape index (κ2) is 6.16. The van der Waals surface area contributed by atoms with Crippen molar-refractivity contribution in [2.24, 2.45) is 5.92 Å². The minimum Gasteiger partial charge on any atom is -0.359 e. The molecule has 0 bridgehead atoms. The van der Waals surface area contributed by atoms with Gasteiger partial charge in [0, 0.05) is 32.9 Å². The van der Waals surface area contributed by atoms with Crippen molar-refractivity contribution in [2.75, 3.05) is 45.7 Å². The molecule has 0 amide bonds. The summed E-state index contributed by atoms with van der Waals surface area (Å²) in [7, 11) is 6.31. The van der Waals surface area contributed by atoms with E-state index in [0.717, 1.165) is 24.8 Å². The van der Waals surface area contributed by atoms with E-state index in [-0.39, 0.29) is 0 Å². The highest BCUT2D eigenvalue weighted by Gasteiger charge is 2.21. The van der Waals surface area contributed by atoms with Crippen LogP contribution in [0.15, 0.2) is 18.3 Å². The van der Waals surface area contributed by atoms with E-state index in [2.05, 4.69) is 46.3 Å². The summed E-state index contributed by atoms with van der Waals surface area (Å²) < 4.78 is 0. The lowest BCUT2D eigenvalue weighted by Gasteiger charge is -2.22. The fourth-order valence-electron chi connectivity index (χ4n) is 2.64. The van der Waals surface area contributed by atoms with Crippen LogP contribution in [-0.2, 0) is 6.54 Å². The van der Waals surface area contributed by atoms with E-state index in [1.807, 2.05) is 13.2 Å². The van der Waals surface area contributed by atoms with Gasteiger partial charge in [-0.2, -0.15) is 0 Å². The van der Waals surface area contributed by atoms with Crippen LogP contribution >= 0.6 is 0 Å². The predicted molar refractivity (Wildman–Crippen MR) is 75.9 cm³/mol. The van der Waals surface area contributed by atoms with Crippen molar-refractivity contribution in [1.29, 1.82) is 0 Å². The zero-order valence-electron chi connectivity index (χ0n) is 11.7. The normalized spacial score (nSPS) is 20.3. The standard InChI is InChI=1S/C14H24N4/c1-15-9-12-4-6-16-14(8-12)18(3)11-13-5-7-17(2)10-13/h4,6,8,13,15H,5,7,9-11H2,1-3H3. The SMILES string of the molecule is CNCc1ccnc(N(C)CC2CCN(C)C2)c1. The molecule has 1 atom stereocenters. The smallest absolute Gasteiger partial charge is 0.128 e. The van der Waals surface area contributed by atoms with Crippen molar-refractivity contribution < 1.29 is 0 Å². The van der Waals surface area contributed by atoms with Gasteiger partial charge in [-0.25, -0.2) is 4.98 Å². The van der Waals surface area contributed by atoms with Crippen molar-refractivity contribution in [3.8, 4) is 0 Å². The van der Waals surface area contributed by atoms with Crippen molar-refractivity contribution >= 4 is 5.82 Å². The molecule has 1 N–H and O–H groups in total. The highest BCUT2D eigenvalue weighted by Crippen LogP contribution is 2.18. The molecule has 0 aliphatic carbocycles. The maximum absolute atomic E-state index is 4.47. The fraction of sp³-hybridized carbons (Fsp3) is 0.643. The van der Waals surface area contributed by atoms with Gasteiger partial charge in [-0.15, -0.1) is 0 Å². The third kappa shape index (κ3) is 3.43. The molecule has 2 rings (SSSR count). The molecular formula is C14H24N4. The monoisotopic (exact) mass is 248 g/mol. The summed E-state index contributed by atoms with van der Waals surface area (Å²) in [6.07, 6.45) is 3.20. The molecule has 1 aromatic heterocycles. The first-order chi connectivity index (χ1) is 8.69. The minimum atomic E-state index is 0.773. The molecule has 1 aromatic rings. The Kier molecular flexibility index (Phi) is 4.55. The predicted octanol–water partition coefficient (Wildman–Crippen LogP) is 1.19. The Morgan fingerprint density at radius 3 is 3.06 bits per heavy atom. The second-order valence-corrected chi connectivity index (χ2v) is 5.35. The summed E-state index contributed by atoms with van der Waals surface area (Å²) >= 11 is 0. The Hall–Kier alpha value is -1.13. The molecular weight excluding hydrogens is 224 g/mol. The number of nitrogens with one attached hydrogen (secondary N) is 1. The third-order valence-electron chi connectivity index (χ3n) is 3.60. The lowest BCUT2D eigenvalue weighted by molar-refractivity contribution is 0.395. The lowest BCUT2D eigenvalue weighted by Crippen LogP contribution is -2.28. The number of anilines is 1. The Labute approximate surface area is 110 Å². The van der Waals surface area contributed by atoms with Crippen LogP contribution in [0.3, 0.4) is 0 Å². The van der Waals surface area contributed by atoms with E-state index < -0.39 is 0 Å². The highest BCUT2D eigenvalue weighted by molar-refractivity contribution is 5.40. The van der Waals surface area contributed by atoms with Gasteiger partial charge in [-0.3, -0.25) is 0 Å². The van der Waals surface area contributed by atoms with E-state index in [1.165, 1.54) is 25.1 Å². The first-order valence-corrected chi connectivity index (χ1v) is 6.68. The van der Waals surface area contributed by atoms with Crippen LogP contribution < -0.4 is 10.2 Å². The molecule has 1 fully saturated rings. The summed E-state index contributed by atoms with van der Waals surface area (Å²) in [5, 5.41) is 3.18. The zero-order valence-corrected chi connectivity index (χ0v) is 11.7. The molecule has 1 aliphatic rings. The number of hydrogen-bond donors (Lipinski definition) is 1. The van der Waals surface area contributed by atoms with Gasteiger partial charge < -0.3 is 15.1 Å². The largest absolute Gasteiger partial charge is 0.359 e. The summed E-state index contributed by atoms with van der Waals surface area (Å²) in [4.78, 5) is 9.15. The number of rotatable bonds is 5. The molecule has 0 aromatic carbocycles. The number of aromatic nitrogens is 1. The van der Waals surface area contributed by atoms with Gasteiger partial charge in [0.15, 0.2) is 0 Å². The molecule has 4 nitrogen and oxygen atoms in total. The molecule has 0 spiro atoms. The molecule has 18 heavy (non-hydrogen) atoms. The van der Waals surface area contributed by atoms with Crippen molar-refractivity contribution in [2.45, 2.75) is 13.0 Å². The molecule has 2 heterocycles. The number of likely N-dealkylation sites (tertiary alicyclic amines) is 1. The fourth-order valence-corrected chi connectivity index (χ4v) is 2.64. The molecule has 0 radical (unpaired) electrons. The summed E-state index contributed by atoms with van der Waals surface area (Å²) in [6.45, 7) is 4.43. The topological polar surface area (TPSA) is 31.4 Å². The Bertz CT molecular complexity index is 380. The average molecular weight is 248 g/mol. The van der Waals surface area contributed by atoms with Gasteiger partial charge in [-0.05, 0) is 50.7 Å². The van der Waals surface area contributed by atoms with E-state index >= 15 is 0 Å². The van der Waals surface area contributed by atoms with Crippen LogP contribution in [0, 0.1) is 5.92 Å². The van der Waals surface area contributed by atoms with Gasteiger partial charge in [0.25, 0.3) is 0 Å². The van der Waals surface area contributed by atoms with Crippen molar-refractivity contribution in [3.63, 3.8) is 0 Å². The Morgan fingerprint density at radius 2 is 2.39 bits per heavy atom. The molecule has 4 heteroatoms. The van der Waals surface area contributed by atoms with Gasteiger partial charge in [0.1, 0.15) is 5.82 Å². The van der Waals surface area contributed by atoms with Crippen LogP contribution in [0.4, 0.5) is 5.82 Å². The number of pyridine rings is 1. The first-order valence-electron chi connectivity index (χ1n) is 6.68. The van der Waals surface area contributed by atoms with Gasteiger partial charge in [0.2, 0.25) is 0 Å². The van der Waals surface area contributed by atoms with Gasteiger partial charge in [-0.1, -0.05) is 0 Å². The summed E-state index contributed by atoms with van der Waals surface area (Å²) in [5.74, 6) is 1.85. The molecule has 1 saturated heterocycles. The molecule has 0 saturated carbocycles. The van der Waals surface area contributed by atoms with Gasteiger partial charge >= 0.3 is 0 Å². The van der Waals surface area contributed by atoms with E-state index in [1.54, 1.807) is 0 Å². The van der Waals surface area contributed by atoms with Crippen LogP contribution in [0.5, 0.6) is 0 Å². The Balaban J connectivity index is 1.95. The Morgan fingerprint density at radius 1 is 1.56 bits per heavy atom. The zero-order chi connectivity index (χ0) is 13.0. The lowest BCUT2D eigenvalue weighted by atomic mass is 10.1. The van der Waals surface area contributed by atoms with Crippen molar-refractivity contribution in [3.05, 3.63) is 23.9 Å². The van der Waals surface area contributed by atoms with E-state index in [0.29, 0.717) is 0 Å². The average Bonchev–Trinajstić information content (AvgIpc) is 2.75. The molecule has 100 valence electrons. The van der Waals surface area contributed by atoms with Crippen LogP contribution in [0.25, 0.3) is 0 Å². The number of nitrogens with zero attached hydrogens (tertiary/aromatic N) is 3. The van der Waals surface area contributed by atoms with E-state index in [4.69, 9.17) is 0 Å². The van der Waals surface area contributed by atoms with E-state index in [9.17, 15) is 0 Å². The quantitative estimate of drug-likeness (QED) is 0.848. The minimum absolute atomic E-state index is 0.773. The highest BCUT2D eigenvalue weighted by atomic mass is 15.2. The van der Waals surface area contributed by atoms with Gasteiger partial charge in [0.05, 0.1) is 0 Å². The molecule has 1 unspecified atom stereocenters. The maximum Gasteiger partial charge on any atom is 0.128 e. The first kappa shape index (κ1) is 13.3. The van der Waals surface area contributed by atoms with Crippen LogP contribution in [0.1, 0.15) is 12.0 Å². The van der Waals surface area contributed by atoms with Crippen LogP contribution in [-0.4, -0.2) is 50.7 Å². The van der Waals surface area contributed by atoms with Crippen LogP contribution in [0.2, 0.25) is 0 Å². The third-order valence-corrected chi connectivity index (χ3v) is 3.60. The summed E-state index contributed by atoms with van der Waals surface area (Å²) in [5.41, 5.74) is 1.29. The van der Waals surface area contributed by atoms with Crippen molar-refractivity contribution in [1.82, 2.24) is 15.2 Å². The molecule has 1 aliphatic heterocycles. The summed E-state index contributed by atoms with van der Waals surface area (Å²) in [6, 6.07) is 4.24.